The Morgan fingerprint density at radius 2 is 1.92 bits per heavy atom. The van der Waals surface area contributed by atoms with Gasteiger partial charge in [0.2, 0.25) is 0 Å². The molecule has 6 nitrogen and oxygen atoms in total. The summed E-state index contributed by atoms with van der Waals surface area (Å²) in [6.45, 7) is 4.32. The summed E-state index contributed by atoms with van der Waals surface area (Å²) in [5.74, 6) is -0.307. The van der Waals surface area contributed by atoms with E-state index >= 15 is 0 Å². The molecule has 132 valence electrons. The van der Waals surface area contributed by atoms with E-state index in [9.17, 15) is 14.9 Å². The van der Waals surface area contributed by atoms with Gasteiger partial charge in [0.15, 0.2) is 0 Å². The van der Waals surface area contributed by atoms with E-state index in [-0.39, 0.29) is 17.9 Å². The van der Waals surface area contributed by atoms with E-state index < -0.39 is 10.9 Å². The topological polar surface area (TPSA) is 78.7 Å². The third kappa shape index (κ3) is 5.04. The minimum Gasteiger partial charge on any atom is -0.493 e. The zero-order valence-corrected chi connectivity index (χ0v) is 14.4. The average molecular weight is 343 g/mol. The van der Waals surface area contributed by atoms with Gasteiger partial charge in [-0.3, -0.25) is 10.1 Å². The van der Waals surface area contributed by atoms with Gasteiger partial charge < -0.3 is 9.47 Å². The number of esters is 1. The first-order valence-corrected chi connectivity index (χ1v) is 8.15. The molecule has 0 heterocycles. The summed E-state index contributed by atoms with van der Waals surface area (Å²) in [5, 5.41) is 11.3. The highest BCUT2D eigenvalue weighted by molar-refractivity contribution is 5.94. The number of nitro benzene ring substituents is 1. The number of nitro groups is 1. The highest BCUT2D eigenvalue weighted by Crippen LogP contribution is 2.29. The number of unbranched alkanes of at least 4 members (excludes halogenated alkanes) is 1. The van der Waals surface area contributed by atoms with Gasteiger partial charge in [-0.25, -0.2) is 4.79 Å². The fraction of sp³-hybridized carbons (Fsp3) is 0.316. The van der Waals surface area contributed by atoms with Crippen LogP contribution in [0.5, 0.6) is 5.75 Å². The second kappa shape index (κ2) is 8.82. The number of benzene rings is 2. The van der Waals surface area contributed by atoms with Crippen molar-refractivity contribution in [2.24, 2.45) is 0 Å². The fourth-order valence-corrected chi connectivity index (χ4v) is 2.27. The van der Waals surface area contributed by atoms with Crippen LogP contribution in [0.4, 0.5) is 5.69 Å². The molecule has 0 N–H and O–H groups in total. The molecule has 2 aromatic carbocycles. The lowest BCUT2D eigenvalue weighted by Gasteiger charge is -2.11. The Hall–Kier alpha value is -2.89. The lowest BCUT2D eigenvalue weighted by atomic mass is 10.1. The molecule has 6 heteroatoms. The lowest BCUT2D eigenvalue weighted by molar-refractivity contribution is -0.385. The van der Waals surface area contributed by atoms with Crippen LogP contribution in [-0.4, -0.2) is 17.5 Å². The van der Waals surface area contributed by atoms with Crippen LogP contribution in [-0.2, 0) is 11.3 Å². The molecule has 0 saturated heterocycles. The highest BCUT2D eigenvalue weighted by atomic mass is 16.6. The molecule has 0 aromatic heterocycles. The van der Waals surface area contributed by atoms with E-state index in [2.05, 4.69) is 0 Å². The predicted molar refractivity (Wildman–Crippen MR) is 93.8 cm³/mol. The molecule has 0 aliphatic heterocycles. The van der Waals surface area contributed by atoms with Crippen LogP contribution in [0, 0.1) is 17.0 Å². The van der Waals surface area contributed by atoms with Crippen molar-refractivity contribution in [2.75, 3.05) is 6.61 Å². The Bertz CT molecular complexity index is 743. The second-order valence-corrected chi connectivity index (χ2v) is 5.66. The van der Waals surface area contributed by atoms with Gasteiger partial charge in [-0.2, -0.15) is 0 Å². The van der Waals surface area contributed by atoms with Crippen LogP contribution < -0.4 is 4.74 Å². The molecule has 0 aliphatic carbocycles. The number of aryl methyl sites for hydroxylation is 1. The van der Waals surface area contributed by atoms with E-state index in [1.807, 2.05) is 37.3 Å². The molecule has 0 aliphatic rings. The number of carbonyl (C=O) groups excluding carboxylic acids is 1. The number of carbonyl (C=O) groups is 1. The molecule has 0 fully saturated rings. The highest BCUT2D eigenvalue weighted by Gasteiger charge is 2.24. The number of ether oxygens (including phenoxy) is 2. The Kier molecular flexibility index (Phi) is 6.51. The van der Waals surface area contributed by atoms with Crippen LogP contribution in [0.2, 0.25) is 0 Å². The van der Waals surface area contributed by atoms with Gasteiger partial charge in [-0.05, 0) is 30.5 Å². The maximum absolute atomic E-state index is 12.3. The number of nitrogens with zero attached hydrogens (tertiary/aromatic N) is 1. The minimum absolute atomic E-state index is 0.0601. The summed E-state index contributed by atoms with van der Waals surface area (Å²) >= 11 is 0. The molecule has 25 heavy (non-hydrogen) atoms. The Morgan fingerprint density at radius 1 is 1.20 bits per heavy atom. The molecule has 0 unspecified atom stereocenters. The summed E-state index contributed by atoms with van der Waals surface area (Å²) in [5.41, 5.74) is 1.10. The van der Waals surface area contributed by atoms with Crippen molar-refractivity contribution in [1.29, 1.82) is 0 Å². The fourth-order valence-electron chi connectivity index (χ4n) is 2.27. The van der Waals surface area contributed by atoms with Crippen LogP contribution in [0.3, 0.4) is 0 Å². The van der Waals surface area contributed by atoms with Crippen LogP contribution in [0.25, 0.3) is 0 Å². The summed E-state index contributed by atoms with van der Waals surface area (Å²) in [6.07, 6.45) is 1.82. The molecular formula is C19H21NO5. The van der Waals surface area contributed by atoms with E-state index in [1.54, 1.807) is 6.92 Å². The molecule has 2 aromatic rings. The van der Waals surface area contributed by atoms with Gasteiger partial charge in [0, 0.05) is 0 Å². The summed E-state index contributed by atoms with van der Waals surface area (Å²) < 4.78 is 10.8. The maximum atomic E-state index is 12.3. The van der Waals surface area contributed by atoms with E-state index in [0.717, 1.165) is 18.4 Å². The summed E-state index contributed by atoms with van der Waals surface area (Å²) in [6, 6.07) is 11.9. The Labute approximate surface area is 146 Å². The van der Waals surface area contributed by atoms with Gasteiger partial charge in [0.25, 0.3) is 5.69 Å². The second-order valence-electron chi connectivity index (χ2n) is 5.66. The first-order valence-electron chi connectivity index (χ1n) is 8.15. The smallest absolute Gasteiger partial charge is 0.345 e. The average Bonchev–Trinajstić information content (AvgIpc) is 2.61. The zero-order valence-electron chi connectivity index (χ0n) is 14.4. The van der Waals surface area contributed by atoms with Crippen molar-refractivity contribution in [3.8, 4) is 5.75 Å². The lowest BCUT2D eigenvalue weighted by Crippen LogP contribution is -2.10. The molecule has 0 atom stereocenters. The molecule has 0 amide bonds. The standard InChI is InChI=1S/C19H21NO5/c1-3-4-10-24-18-12-17(20(22)23)16(11-14(18)2)19(21)25-13-15-8-6-5-7-9-15/h5-9,11-12H,3-4,10,13H2,1-2H3. The normalized spacial score (nSPS) is 10.3. The maximum Gasteiger partial charge on any atom is 0.345 e. The molecule has 2 rings (SSSR count). The monoisotopic (exact) mass is 343 g/mol. The van der Waals surface area contributed by atoms with Crippen molar-refractivity contribution in [3.63, 3.8) is 0 Å². The first kappa shape index (κ1) is 18.4. The molecule has 0 radical (unpaired) electrons. The predicted octanol–water partition coefficient (Wildman–Crippen LogP) is 4.44. The van der Waals surface area contributed by atoms with Crippen molar-refractivity contribution in [1.82, 2.24) is 0 Å². The summed E-state index contributed by atoms with van der Waals surface area (Å²) in [7, 11) is 0. The molecule has 0 spiro atoms. The van der Waals surface area contributed by atoms with Gasteiger partial charge in [-0.15, -0.1) is 0 Å². The zero-order chi connectivity index (χ0) is 18.2. The molecular weight excluding hydrogens is 322 g/mol. The quantitative estimate of drug-likeness (QED) is 0.306. The summed E-state index contributed by atoms with van der Waals surface area (Å²) in [4.78, 5) is 23.0. The van der Waals surface area contributed by atoms with Gasteiger partial charge in [-0.1, -0.05) is 43.7 Å². The third-order valence-corrected chi connectivity index (χ3v) is 3.68. The number of hydrogen-bond donors (Lipinski definition) is 0. The Balaban J connectivity index is 2.19. The SMILES string of the molecule is CCCCOc1cc([N+](=O)[O-])c(C(=O)OCc2ccccc2)cc1C. The number of hydrogen-bond acceptors (Lipinski definition) is 5. The Morgan fingerprint density at radius 3 is 2.56 bits per heavy atom. The van der Waals surface area contributed by atoms with Gasteiger partial charge >= 0.3 is 5.97 Å². The minimum atomic E-state index is -0.723. The van der Waals surface area contributed by atoms with Crippen LogP contribution in [0.15, 0.2) is 42.5 Å². The van der Waals surface area contributed by atoms with Crippen LogP contribution in [0.1, 0.15) is 41.3 Å². The van der Waals surface area contributed by atoms with Gasteiger partial charge in [0.1, 0.15) is 17.9 Å². The van der Waals surface area contributed by atoms with E-state index in [0.29, 0.717) is 17.9 Å². The first-order chi connectivity index (χ1) is 12.0. The largest absolute Gasteiger partial charge is 0.493 e. The molecule has 0 bridgehead atoms. The molecule has 0 saturated carbocycles. The van der Waals surface area contributed by atoms with Crippen molar-refractivity contribution < 1.29 is 19.2 Å². The van der Waals surface area contributed by atoms with E-state index in [4.69, 9.17) is 9.47 Å². The van der Waals surface area contributed by atoms with Crippen molar-refractivity contribution >= 4 is 11.7 Å². The van der Waals surface area contributed by atoms with Crippen molar-refractivity contribution in [3.05, 3.63) is 69.3 Å². The van der Waals surface area contributed by atoms with Crippen molar-refractivity contribution in [2.45, 2.75) is 33.3 Å². The van der Waals surface area contributed by atoms with E-state index in [1.165, 1.54) is 12.1 Å². The van der Waals surface area contributed by atoms with Crippen LogP contribution >= 0.6 is 0 Å². The third-order valence-electron chi connectivity index (χ3n) is 3.68. The van der Waals surface area contributed by atoms with Gasteiger partial charge in [0.05, 0.1) is 17.6 Å². The number of rotatable bonds is 8.